The molecule has 1 aliphatic heterocycles. The van der Waals surface area contributed by atoms with Crippen molar-refractivity contribution in [2.75, 3.05) is 13.2 Å². The summed E-state index contributed by atoms with van der Waals surface area (Å²) in [6, 6.07) is -0.593. The Balaban J connectivity index is 1.95. The van der Waals surface area contributed by atoms with Crippen LogP contribution in [-0.2, 0) is 19.1 Å². The van der Waals surface area contributed by atoms with Crippen molar-refractivity contribution >= 4 is 23.8 Å². The minimum Gasteiger partial charge on any atom is -0.454 e. The fourth-order valence-electron chi connectivity index (χ4n) is 4.39. The van der Waals surface area contributed by atoms with Crippen LogP contribution >= 0.6 is 0 Å². The predicted molar refractivity (Wildman–Crippen MR) is 98.6 cm³/mol. The molecule has 0 radical (unpaired) electrons. The molecule has 4 amide bonds. The van der Waals surface area contributed by atoms with E-state index in [2.05, 4.69) is 31.4 Å². The fraction of sp³-hybridized carbons (Fsp3) is 0.789. The van der Waals surface area contributed by atoms with Crippen molar-refractivity contribution in [1.29, 1.82) is 0 Å². The smallest absolute Gasteiger partial charge is 0.326 e. The maximum atomic E-state index is 12.9. The third kappa shape index (κ3) is 4.99. The molecule has 0 unspecified atom stereocenters. The molecular formula is C19H31N3O5. The first kappa shape index (κ1) is 21.2. The molecule has 0 aromatic carbocycles. The van der Waals surface area contributed by atoms with Crippen LogP contribution in [-0.4, -0.2) is 53.4 Å². The molecule has 1 saturated carbocycles. The molecule has 1 aliphatic carbocycles. The van der Waals surface area contributed by atoms with Crippen molar-refractivity contribution in [3.8, 4) is 0 Å². The summed E-state index contributed by atoms with van der Waals surface area (Å²) in [5.41, 5.74) is -1.03. The van der Waals surface area contributed by atoms with Gasteiger partial charge in [0.1, 0.15) is 12.1 Å². The number of urea groups is 1. The van der Waals surface area contributed by atoms with Crippen molar-refractivity contribution < 1.29 is 23.9 Å². The van der Waals surface area contributed by atoms with Crippen LogP contribution in [0.25, 0.3) is 0 Å². The molecule has 2 aliphatic rings. The molecule has 0 aromatic rings. The maximum absolute atomic E-state index is 12.9. The van der Waals surface area contributed by atoms with Crippen LogP contribution in [0.3, 0.4) is 0 Å². The molecule has 152 valence electrons. The van der Waals surface area contributed by atoms with E-state index >= 15 is 0 Å². The van der Waals surface area contributed by atoms with Crippen molar-refractivity contribution in [1.82, 2.24) is 15.5 Å². The van der Waals surface area contributed by atoms with Gasteiger partial charge >= 0.3 is 12.0 Å². The molecule has 27 heavy (non-hydrogen) atoms. The molecule has 8 nitrogen and oxygen atoms in total. The topological polar surface area (TPSA) is 105 Å². The predicted octanol–water partition coefficient (Wildman–Crippen LogP) is 1.58. The highest BCUT2D eigenvalue weighted by Crippen LogP contribution is 2.46. The highest BCUT2D eigenvalue weighted by molar-refractivity contribution is 6.08. The molecule has 1 saturated heterocycles. The second kappa shape index (κ2) is 7.86. The Morgan fingerprint density at radius 3 is 2.59 bits per heavy atom. The van der Waals surface area contributed by atoms with Crippen molar-refractivity contribution in [3.05, 3.63) is 0 Å². The second-order valence-electron chi connectivity index (χ2n) is 8.80. The minimum absolute atomic E-state index is 0.0151. The number of esters is 1. The molecule has 2 fully saturated rings. The molecule has 2 rings (SSSR count). The minimum atomic E-state index is -0.952. The Hall–Kier alpha value is -2.12. The van der Waals surface area contributed by atoms with E-state index in [1.54, 1.807) is 0 Å². The van der Waals surface area contributed by atoms with Crippen LogP contribution in [0.5, 0.6) is 0 Å². The number of ether oxygens (including phenoxy) is 1. The number of hydrogen-bond acceptors (Lipinski definition) is 5. The van der Waals surface area contributed by atoms with Crippen molar-refractivity contribution in [2.45, 2.75) is 71.9 Å². The zero-order chi connectivity index (χ0) is 20.4. The van der Waals surface area contributed by atoms with Gasteiger partial charge < -0.3 is 15.4 Å². The maximum Gasteiger partial charge on any atom is 0.326 e. The summed E-state index contributed by atoms with van der Waals surface area (Å²) >= 11 is 0. The standard InChI is InChI=1S/C19H31N3O5/c1-6-13(3)20-14(23)10-27-15(24)9-22-16(25)19(21-17(22)26)8-12(2)7-18(4,5)11-19/h12-13H,6-11H2,1-5H3,(H,20,23)(H,21,26)/t12-,13+,19+/m1/s1. The molecule has 0 aromatic heterocycles. The highest BCUT2D eigenvalue weighted by Gasteiger charge is 2.56. The number of amides is 4. The summed E-state index contributed by atoms with van der Waals surface area (Å²) in [4.78, 5) is 49.9. The van der Waals surface area contributed by atoms with Gasteiger partial charge in [-0.05, 0) is 43.9 Å². The van der Waals surface area contributed by atoms with E-state index in [0.717, 1.165) is 17.7 Å². The van der Waals surface area contributed by atoms with E-state index in [-0.39, 0.29) is 23.3 Å². The zero-order valence-corrected chi connectivity index (χ0v) is 16.9. The number of carbonyl (C=O) groups excluding carboxylic acids is 4. The third-order valence-corrected chi connectivity index (χ3v) is 5.30. The Kier molecular flexibility index (Phi) is 6.17. The Morgan fingerprint density at radius 1 is 1.33 bits per heavy atom. The summed E-state index contributed by atoms with van der Waals surface area (Å²) in [7, 11) is 0. The van der Waals surface area contributed by atoms with E-state index in [1.165, 1.54) is 0 Å². The van der Waals surface area contributed by atoms with Gasteiger partial charge in [-0.1, -0.05) is 27.7 Å². The highest BCUT2D eigenvalue weighted by atomic mass is 16.5. The zero-order valence-electron chi connectivity index (χ0n) is 16.9. The van der Waals surface area contributed by atoms with Gasteiger partial charge in [0.15, 0.2) is 6.61 Å². The first-order chi connectivity index (χ1) is 12.5. The molecule has 2 N–H and O–H groups in total. The third-order valence-electron chi connectivity index (χ3n) is 5.30. The quantitative estimate of drug-likeness (QED) is 0.537. The summed E-state index contributed by atoms with van der Waals surface area (Å²) < 4.78 is 4.92. The van der Waals surface area contributed by atoms with Crippen molar-refractivity contribution in [2.24, 2.45) is 11.3 Å². The molecular weight excluding hydrogens is 350 g/mol. The number of carbonyl (C=O) groups is 4. The van der Waals surface area contributed by atoms with Gasteiger partial charge in [-0.2, -0.15) is 0 Å². The first-order valence-electron chi connectivity index (χ1n) is 9.57. The van der Waals surface area contributed by atoms with Gasteiger partial charge in [0.05, 0.1) is 0 Å². The van der Waals surface area contributed by atoms with Crippen LogP contribution < -0.4 is 10.6 Å². The lowest BCUT2D eigenvalue weighted by Gasteiger charge is -2.43. The first-order valence-corrected chi connectivity index (χ1v) is 9.57. The average molecular weight is 381 g/mol. The van der Waals surface area contributed by atoms with Gasteiger partial charge in [-0.25, -0.2) is 4.79 Å². The Bertz CT molecular complexity index is 633. The van der Waals surface area contributed by atoms with Gasteiger partial charge in [0.25, 0.3) is 11.8 Å². The van der Waals surface area contributed by atoms with Crippen molar-refractivity contribution in [3.63, 3.8) is 0 Å². The lowest BCUT2D eigenvalue weighted by atomic mass is 9.64. The number of nitrogens with one attached hydrogen (secondary N) is 2. The van der Waals surface area contributed by atoms with Gasteiger partial charge in [-0.3, -0.25) is 19.3 Å². The Morgan fingerprint density at radius 2 is 2.00 bits per heavy atom. The number of rotatable bonds is 6. The SMILES string of the molecule is CC[C@H](C)NC(=O)COC(=O)CN1C(=O)N[C@]2(C[C@H](C)CC(C)(C)C2)C1=O. The lowest BCUT2D eigenvalue weighted by Crippen LogP contribution is -2.54. The van der Waals surface area contributed by atoms with E-state index in [9.17, 15) is 19.2 Å². The largest absolute Gasteiger partial charge is 0.454 e. The normalized spacial score (nSPS) is 28.0. The van der Waals surface area contributed by atoms with Crippen LogP contribution in [0.2, 0.25) is 0 Å². The number of nitrogens with zero attached hydrogens (tertiary/aromatic N) is 1. The fourth-order valence-corrected chi connectivity index (χ4v) is 4.39. The second-order valence-corrected chi connectivity index (χ2v) is 8.80. The summed E-state index contributed by atoms with van der Waals surface area (Å²) in [5, 5.41) is 5.49. The number of hydrogen-bond donors (Lipinski definition) is 2. The molecule has 8 heteroatoms. The molecule has 3 atom stereocenters. The summed E-state index contributed by atoms with van der Waals surface area (Å²) in [5.74, 6) is -1.28. The van der Waals surface area contributed by atoms with E-state index in [1.807, 2.05) is 13.8 Å². The van der Waals surface area contributed by atoms with E-state index < -0.39 is 36.6 Å². The monoisotopic (exact) mass is 381 g/mol. The van der Waals surface area contributed by atoms with E-state index in [4.69, 9.17) is 4.74 Å². The van der Waals surface area contributed by atoms with Gasteiger partial charge in [-0.15, -0.1) is 0 Å². The Labute approximate surface area is 160 Å². The summed E-state index contributed by atoms with van der Waals surface area (Å²) in [6.45, 7) is 9.08. The van der Waals surface area contributed by atoms with Crippen LogP contribution in [0.1, 0.15) is 60.3 Å². The molecule has 0 bridgehead atoms. The van der Waals surface area contributed by atoms with Crippen LogP contribution in [0.15, 0.2) is 0 Å². The summed E-state index contributed by atoms with van der Waals surface area (Å²) in [6.07, 6.45) is 2.84. The molecule has 1 heterocycles. The average Bonchev–Trinajstić information content (AvgIpc) is 2.74. The lowest BCUT2D eigenvalue weighted by molar-refractivity contribution is -0.151. The number of imide groups is 1. The van der Waals surface area contributed by atoms with Crippen LogP contribution in [0, 0.1) is 11.3 Å². The van der Waals surface area contributed by atoms with Gasteiger partial charge in [0, 0.05) is 6.04 Å². The molecule has 1 spiro atoms. The van der Waals surface area contributed by atoms with Gasteiger partial charge in [0.2, 0.25) is 0 Å². The van der Waals surface area contributed by atoms with E-state index in [0.29, 0.717) is 12.8 Å². The van der Waals surface area contributed by atoms with Crippen LogP contribution in [0.4, 0.5) is 4.79 Å².